The van der Waals surface area contributed by atoms with Crippen molar-refractivity contribution in [3.63, 3.8) is 0 Å². The molecule has 1 aromatic rings. The summed E-state index contributed by atoms with van der Waals surface area (Å²) < 4.78 is 73.5. The predicted octanol–water partition coefficient (Wildman–Crippen LogP) is 2.95. The van der Waals surface area contributed by atoms with Gasteiger partial charge in [-0.15, -0.1) is 0 Å². The zero-order valence-corrected chi connectivity index (χ0v) is 9.14. The highest BCUT2D eigenvalue weighted by atomic mass is 19.4. The minimum absolute atomic E-state index is 0.0911. The summed E-state index contributed by atoms with van der Waals surface area (Å²) in [7, 11) is 0. The lowest BCUT2D eigenvalue weighted by Gasteiger charge is -2.22. The average molecular weight is 286 g/mol. The first-order valence-electron chi connectivity index (χ1n) is 4.81. The van der Waals surface area contributed by atoms with Gasteiger partial charge in [-0.3, -0.25) is 4.79 Å². The van der Waals surface area contributed by atoms with Crippen molar-refractivity contribution in [1.82, 2.24) is 0 Å². The van der Waals surface area contributed by atoms with Crippen LogP contribution in [0.25, 0.3) is 0 Å². The van der Waals surface area contributed by atoms with Gasteiger partial charge in [-0.1, -0.05) is 6.07 Å². The number of hydrogen-bond acceptors (Lipinski definition) is 2. The maximum absolute atomic E-state index is 12.2. The SMILES string of the molecule is Nc1cccc(NC(=O)C(C(F)(F)F)C(F)(F)F)c1. The summed E-state index contributed by atoms with van der Waals surface area (Å²) in [4.78, 5) is 11.1. The van der Waals surface area contributed by atoms with Gasteiger partial charge in [-0.2, -0.15) is 26.3 Å². The number of nitrogen functional groups attached to an aromatic ring is 1. The van der Waals surface area contributed by atoms with Crippen LogP contribution in [0.5, 0.6) is 0 Å². The Balaban J connectivity index is 2.97. The number of amides is 1. The van der Waals surface area contributed by atoms with Crippen molar-refractivity contribution in [3.05, 3.63) is 24.3 Å². The molecule has 9 heteroatoms. The van der Waals surface area contributed by atoms with Crippen LogP contribution in [-0.2, 0) is 4.79 Å². The molecule has 0 atom stereocenters. The second kappa shape index (κ2) is 4.98. The molecule has 106 valence electrons. The number of halogens is 6. The van der Waals surface area contributed by atoms with Gasteiger partial charge >= 0.3 is 12.4 Å². The van der Waals surface area contributed by atoms with Crippen molar-refractivity contribution >= 4 is 17.3 Å². The minimum atomic E-state index is -5.72. The standard InChI is InChI=1S/C10H8F6N2O/c11-9(12,13)7(10(14,15)16)8(19)18-6-3-1-2-5(17)4-6/h1-4,7H,17H2,(H,18,19). The van der Waals surface area contributed by atoms with E-state index in [0.717, 1.165) is 12.1 Å². The summed E-state index contributed by atoms with van der Waals surface area (Å²) in [5.74, 6) is -6.29. The van der Waals surface area contributed by atoms with Gasteiger partial charge in [0.05, 0.1) is 0 Å². The number of carbonyl (C=O) groups is 1. The normalized spacial score (nSPS) is 12.6. The van der Waals surface area contributed by atoms with Gasteiger partial charge in [0.15, 0.2) is 0 Å². The Morgan fingerprint density at radius 1 is 1.11 bits per heavy atom. The summed E-state index contributed by atoms with van der Waals surface area (Å²) >= 11 is 0. The average Bonchev–Trinajstić information content (AvgIpc) is 2.11. The molecule has 0 spiro atoms. The van der Waals surface area contributed by atoms with E-state index >= 15 is 0 Å². The molecule has 0 aliphatic carbocycles. The molecule has 3 nitrogen and oxygen atoms in total. The third-order valence-electron chi connectivity index (χ3n) is 2.07. The number of rotatable bonds is 2. The summed E-state index contributed by atoms with van der Waals surface area (Å²) in [6, 6.07) is 4.81. The molecule has 0 radical (unpaired) electrons. The van der Waals surface area contributed by atoms with Crippen molar-refractivity contribution in [2.75, 3.05) is 11.1 Å². The van der Waals surface area contributed by atoms with E-state index in [1.165, 1.54) is 17.4 Å². The second-order valence-electron chi connectivity index (χ2n) is 3.63. The number of alkyl halides is 6. The largest absolute Gasteiger partial charge is 0.409 e. The van der Waals surface area contributed by atoms with Gasteiger partial charge in [0.1, 0.15) is 0 Å². The highest BCUT2D eigenvalue weighted by Crippen LogP contribution is 2.39. The van der Waals surface area contributed by atoms with Crippen LogP contribution in [0.15, 0.2) is 24.3 Å². The molecule has 0 unspecified atom stereocenters. The Morgan fingerprint density at radius 3 is 2.05 bits per heavy atom. The topological polar surface area (TPSA) is 55.1 Å². The summed E-state index contributed by atoms with van der Waals surface area (Å²) in [5.41, 5.74) is 5.13. The van der Waals surface area contributed by atoms with Crippen LogP contribution in [0.1, 0.15) is 0 Å². The van der Waals surface area contributed by atoms with Crippen molar-refractivity contribution in [1.29, 1.82) is 0 Å². The Hall–Kier alpha value is -1.93. The highest BCUT2D eigenvalue weighted by molar-refractivity contribution is 5.94. The lowest BCUT2D eigenvalue weighted by molar-refractivity contribution is -0.272. The molecule has 0 aromatic heterocycles. The van der Waals surface area contributed by atoms with Crippen LogP contribution >= 0.6 is 0 Å². The van der Waals surface area contributed by atoms with Gasteiger partial charge in [-0.05, 0) is 18.2 Å². The van der Waals surface area contributed by atoms with E-state index in [2.05, 4.69) is 0 Å². The molecule has 0 heterocycles. The molecule has 19 heavy (non-hydrogen) atoms. The fourth-order valence-electron chi connectivity index (χ4n) is 1.31. The third-order valence-corrected chi connectivity index (χ3v) is 2.07. The predicted molar refractivity (Wildman–Crippen MR) is 55.1 cm³/mol. The minimum Gasteiger partial charge on any atom is -0.399 e. The van der Waals surface area contributed by atoms with Crippen LogP contribution in [0.4, 0.5) is 37.7 Å². The molecule has 0 aliphatic rings. The number of anilines is 2. The number of carbonyl (C=O) groups excluding carboxylic acids is 1. The van der Waals surface area contributed by atoms with Gasteiger partial charge < -0.3 is 11.1 Å². The van der Waals surface area contributed by atoms with Crippen LogP contribution in [-0.4, -0.2) is 18.3 Å². The first kappa shape index (κ1) is 15.1. The Bertz CT molecular complexity index is 454. The van der Waals surface area contributed by atoms with Crippen molar-refractivity contribution < 1.29 is 31.1 Å². The maximum atomic E-state index is 12.2. The zero-order chi connectivity index (χ0) is 14.8. The van der Waals surface area contributed by atoms with Crippen LogP contribution in [0.3, 0.4) is 0 Å². The zero-order valence-electron chi connectivity index (χ0n) is 9.14. The Morgan fingerprint density at radius 2 is 1.63 bits per heavy atom. The second-order valence-corrected chi connectivity index (χ2v) is 3.63. The first-order chi connectivity index (χ1) is 8.51. The molecular weight excluding hydrogens is 278 g/mol. The van der Waals surface area contributed by atoms with E-state index in [1.807, 2.05) is 0 Å². The van der Waals surface area contributed by atoms with E-state index in [1.54, 1.807) is 0 Å². The van der Waals surface area contributed by atoms with Crippen LogP contribution in [0, 0.1) is 5.92 Å². The molecule has 0 saturated carbocycles. The Kier molecular flexibility index (Phi) is 3.97. The monoisotopic (exact) mass is 286 g/mol. The number of nitrogens with two attached hydrogens (primary N) is 1. The summed E-state index contributed by atoms with van der Waals surface area (Å²) in [5, 5.41) is 1.54. The molecule has 0 bridgehead atoms. The first-order valence-corrected chi connectivity index (χ1v) is 4.81. The number of benzene rings is 1. The van der Waals surface area contributed by atoms with Crippen LogP contribution in [0.2, 0.25) is 0 Å². The number of hydrogen-bond donors (Lipinski definition) is 2. The van der Waals surface area contributed by atoms with Crippen molar-refractivity contribution in [2.45, 2.75) is 12.4 Å². The summed E-state index contributed by atoms with van der Waals surface area (Å²) in [6.45, 7) is 0. The lowest BCUT2D eigenvalue weighted by Crippen LogP contribution is -2.45. The molecule has 1 amide bonds. The Labute approximate surface area is 103 Å². The van der Waals surface area contributed by atoms with E-state index < -0.39 is 24.2 Å². The van der Waals surface area contributed by atoms with Gasteiger partial charge in [0, 0.05) is 11.4 Å². The molecule has 0 aliphatic heterocycles. The molecule has 1 rings (SSSR count). The van der Waals surface area contributed by atoms with E-state index in [9.17, 15) is 31.1 Å². The van der Waals surface area contributed by atoms with E-state index in [0.29, 0.717) is 0 Å². The lowest BCUT2D eigenvalue weighted by atomic mass is 10.1. The van der Waals surface area contributed by atoms with Crippen LogP contribution < -0.4 is 11.1 Å². The molecule has 0 saturated heterocycles. The molecule has 3 N–H and O–H groups in total. The highest BCUT2D eigenvalue weighted by Gasteiger charge is 2.61. The van der Waals surface area contributed by atoms with Gasteiger partial charge in [0.2, 0.25) is 11.8 Å². The quantitative estimate of drug-likeness (QED) is 0.648. The number of nitrogens with one attached hydrogen (secondary N) is 1. The third kappa shape index (κ3) is 4.04. The van der Waals surface area contributed by atoms with E-state index in [-0.39, 0.29) is 11.4 Å². The van der Waals surface area contributed by atoms with Gasteiger partial charge in [0.25, 0.3) is 0 Å². The maximum Gasteiger partial charge on any atom is 0.409 e. The van der Waals surface area contributed by atoms with Crippen molar-refractivity contribution in [3.8, 4) is 0 Å². The van der Waals surface area contributed by atoms with E-state index in [4.69, 9.17) is 5.73 Å². The molecule has 1 aromatic carbocycles. The smallest absolute Gasteiger partial charge is 0.399 e. The summed E-state index contributed by atoms with van der Waals surface area (Å²) in [6.07, 6.45) is -11.4. The molecular formula is C10H8F6N2O. The fourth-order valence-corrected chi connectivity index (χ4v) is 1.31. The molecule has 0 fully saturated rings. The van der Waals surface area contributed by atoms with Crippen molar-refractivity contribution in [2.24, 2.45) is 5.92 Å². The fraction of sp³-hybridized carbons (Fsp3) is 0.300. The van der Waals surface area contributed by atoms with Gasteiger partial charge in [-0.25, -0.2) is 0 Å².